The second-order valence-electron chi connectivity index (χ2n) is 6.05. The van der Waals surface area contributed by atoms with Crippen molar-refractivity contribution in [3.63, 3.8) is 0 Å². The highest BCUT2D eigenvalue weighted by molar-refractivity contribution is 5.78. The van der Waals surface area contributed by atoms with E-state index in [9.17, 15) is 18.0 Å². The molecule has 23 heavy (non-hydrogen) atoms. The average Bonchev–Trinajstić information content (AvgIpc) is 2.92. The van der Waals surface area contributed by atoms with Crippen LogP contribution in [0.2, 0.25) is 0 Å². The number of carbonyl (C=O) groups excluding carboxylic acids is 1. The Morgan fingerprint density at radius 1 is 1.17 bits per heavy atom. The van der Waals surface area contributed by atoms with Crippen LogP contribution in [-0.2, 0) is 16.1 Å². The van der Waals surface area contributed by atoms with E-state index in [-0.39, 0.29) is 31.2 Å². The Morgan fingerprint density at radius 3 is 2.61 bits per heavy atom. The first-order valence-corrected chi connectivity index (χ1v) is 7.66. The predicted octanol–water partition coefficient (Wildman–Crippen LogP) is 2.05. The van der Waals surface area contributed by atoms with Gasteiger partial charge < -0.3 is 9.64 Å². The largest absolute Gasteiger partial charge is 0.390 e. The number of nitrogens with zero attached hydrogens (tertiary/aromatic N) is 2. The number of fused-ring (bicyclic) bond motifs is 1. The molecule has 1 amide bonds. The Kier molecular flexibility index (Phi) is 4.59. The van der Waals surface area contributed by atoms with Crippen molar-refractivity contribution in [2.24, 2.45) is 0 Å². The number of ether oxygens (including phenoxy) is 1. The van der Waals surface area contributed by atoms with Gasteiger partial charge in [0.15, 0.2) is 0 Å². The maximum Gasteiger partial charge on any atom is 0.390 e. The summed E-state index contributed by atoms with van der Waals surface area (Å²) in [5.74, 6) is -0.104. The molecular formula is C16H19F3N2O2. The second kappa shape index (κ2) is 6.49. The molecule has 1 aromatic carbocycles. The number of hydrogen-bond donors (Lipinski definition) is 0. The quantitative estimate of drug-likeness (QED) is 0.848. The van der Waals surface area contributed by atoms with E-state index in [1.807, 2.05) is 30.3 Å². The Bertz CT molecular complexity index is 550. The molecule has 0 spiro atoms. The number of likely N-dealkylation sites (tertiary alicyclic amines) is 1. The van der Waals surface area contributed by atoms with Crippen molar-refractivity contribution < 1.29 is 22.7 Å². The molecule has 0 radical (unpaired) electrons. The molecule has 2 fully saturated rings. The van der Waals surface area contributed by atoms with Crippen LogP contribution in [0, 0.1) is 0 Å². The van der Waals surface area contributed by atoms with Gasteiger partial charge in [0.1, 0.15) is 6.61 Å². The van der Waals surface area contributed by atoms with Crippen molar-refractivity contribution in [1.82, 2.24) is 9.80 Å². The summed E-state index contributed by atoms with van der Waals surface area (Å²) < 4.78 is 42.7. The summed E-state index contributed by atoms with van der Waals surface area (Å²) in [5, 5.41) is 0. The lowest BCUT2D eigenvalue weighted by molar-refractivity contribution is -0.153. The van der Waals surface area contributed by atoms with Crippen LogP contribution in [0.5, 0.6) is 0 Å². The molecule has 7 heteroatoms. The molecule has 0 aromatic heterocycles. The van der Waals surface area contributed by atoms with Crippen LogP contribution in [0.1, 0.15) is 12.0 Å². The molecule has 2 atom stereocenters. The number of amides is 1. The molecule has 0 N–H and O–H groups in total. The molecule has 2 aliphatic rings. The summed E-state index contributed by atoms with van der Waals surface area (Å²) in [4.78, 5) is 15.7. The zero-order valence-electron chi connectivity index (χ0n) is 12.6. The Labute approximate surface area is 132 Å². The average molecular weight is 328 g/mol. The standard InChI is InChI=1S/C16H19F3N2O2/c17-16(18,19)6-7-20-9-13-14(10-20)23-11-15(22)21(13)8-12-4-2-1-3-5-12/h1-5,13-14H,6-11H2/t13-,14-/m0/s1. The topological polar surface area (TPSA) is 32.8 Å². The SMILES string of the molecule is O=C1CO[C@H]2CN(CCC(F)(F)F)C[C@@H]2N1Cc1ccccc1. The molecule has 0 unspecified atom stereocenters. The summed E-state index contributed by atoms with van der Waals surface area (Å²) in [6.07, 6.45) is -5.20. The van der Waals surface area contributed by atoms with Gasteiger partial charge in [-0.05, 0) is 5.56 Å². The smallest absolute Gasteiger partial charge is 0.365 e. The minimum absolute atomic E-state index is 0.00110. The summed E-state index contributed by atoms with van der Waals surface area (Å²) in [5.41, 5.74) is 1.01. The zero-order valence-corrected chi connectivity index (χ0v) is 12.6. The van der Waals surface area contributed by atoms with Gasteiger partial charge in [-0.15, -0.1) is 0 Å². The number of halogens is 3. The van der Waals surface area contributed by atoms with Crippen LogP contribution in [0.15, 0.2) is 30.3 Å². The van der Waals surface area contributed by atoms with Gasteiger partial charge in [-0.3, -0.25) is 9.69 Å². The van der Waals surface area contributed by atoms with Gasteiger partial charge in [0, 0.05) is 26.2 Å². The number of carbonyl (C=O) groups is 1. The van der Waals surface area contributed by atoms with Gasteiger partial charge in [-0.25, -0.2) is 0 Å². The third kappa shape index (κ3) is 4.03. The highest BCUT2D eigenvalue weighted by atomic mass is 19.4. The van der Waals surface area contributed by atoms with E-state index < -0.39 is 12.6 Å². The minimum atomic E-state index is -4.16. The molecule has 1 aromatic rings. The molecule has 0 saturated carbocycles. The van der Waals surface area contributed by atoms with Gasteiger partial charge in [0.2, 0.25) is 5.91 Å². The van der Waals surface area contributed by atoms with E-state index in [0.717, 1.165) is 5.56 Å². The minimum Gasteiger partial charge on any atom is -0.365 e. The molecule has 126 valence electrons. The third-order valence-electron chi connectivity index (χ3n) is 4.36. The normalized spacial score (nSPS) is 25.7. The zero-order chi connectivity index (χ0) is 16.4. The van der Waals surface area contributed by atoms with Crippen molar-refractivity contribution in [2.45, 2.75) is 31.3 Å². The number of rotatable bonds is 4. The lowest BCUT2D eigenvalue weighted by Crippen LogP contribution is -2.53. The molecule has 0 aliphatic carbocycles. The molecule has 4 nitrogen and oxygen atoms in total. The van der Waals surface area contributed by atoms with Gasteiger partial charge in [0.25, 0.3) is 0 Å². The van der Waals surface area contributed by atoms with E-state index in [1.54, 1.807) is 9.80 Å². The fourth-order valence-corrected chi connectivity index (χ4v) is 3.20. The third-order valence-corrected chi connectivity index (χ3v) is 4.36. The maximum absolute atomic E-state index is 12.4. The van der Waals surface area contributed by atoms with E-state index in [2.05, 4.69) is 0 Å². The van der Waals surface area contributed by atoms with Crippen LogP contribution in [-0.4, -0.2) is 60.3 Å². The van der Waals surface area contributed by atoms with Crippen molar-refractivity contribution in [1.29, 1.82) is 0 Å². The van der Waals surface area contributed by atoms with Crippen molar-refractivity contribution >= 4 is 5.91 Å². The first-order valence-electron chi connectivity index (χ1n) is 7.66. The highest BCUT2D eigenvalue weighted by Crippen LogP contribution is 2.27. The first kappa shape index (κ1) is 16.3. The monoisotopic (exact) mass is 328 g/mol. The van der Waals surface area contributed by atoms with Crippen molar-refractivity contribution in [2.75, 3.05) is 26.2 Å². The fourth-order valence-electron chi connectivity index (χ4n) is 3.20. The highest BCUT2D eigenvalue weighted by Gasteiger charge is 2.43. The Morgan fingerprint density at radius 2 is 1.91 bits per heavy atom. The summed E-state index contributed by atoms with van der Waals surface area (Å²) in [7, 11) is 0. The predicted molar refractivity (Wildman–Crippen MR) is 77.6 cm³/mol. The number of morpholine rings is 1. The Hall–Kier alpha value is -1.60. The molecule has 0 bridgehead atoms. The van der Waals surface area contributed by atoms with Crippen LogP contribution < -0.4 is 0 Å². The molecule has 2 saturated heterocycles. The van der Waals surface area contributed by atoms with Crippen molar-refractivity contribution in [3.05, 3.63) is 35.9 Å². The summed E-state index contributed by atoms with van der Waals surface area (Å²) in [6, 6.07) is 9.42. The van der Waals surface area contributed by atoms with Crippen LogP contribution in [0.25, 0.3) is 0 Å². The fraction of sp³-hybridized carbons (Fsp3) is 0.562. The summed E-state index contributed by atoms with van der Waals surface area (Å²) >= 11 is 0. The number of alkyl halides is 3. The second-order valence-corrected chi connectivity index (χ2v) is 6.05. The molecule has 2 aliphatic heterocycles. The number of hydrogen-bond acceptors (Lipinski definition) is 3. The molecular weight excluding hydrogens is 309 g/mol. The molecule has 2 heterocycles. The van der Waals surface area contributed by atoms with E-state index >= 15 is 0 Å². The van der Waals surface area contributed by atoms with Gasteiger partial charge in [0.05, 0.1) is 18.6 Å². The van der Waals surface area contributed by atoms with Crippen molar-refractivity contribution in [3.8, 4) is 0 Å². The lowest BCUT2D eigenvalue weighted by Gasteiger charge is -2.36. The van der Waals surface area contributed by atoms with Gasteiger partial charge >= 0.3 is 6.18 Å². The van der Waals surface area contributed by atoms with Crippen LogP contribution in [0.3, 0.4) is 0 Å². The van der Waals surface area contributed by atoms with Crippen LogP contribution >= 0.6 is 0 Å². The maximum atomic E-state index is 12.4. The van der Waals surface area contributed by atoms with Gasteiger partial charge in [-0.2, -0.15) is 13.2 Å². The van der Waals surface area contributed by atoms with E-state index in [0.29, 0.717) is 19.6 Å². The number of benzene rings is 1. The Balaban J connectivity index is 1.65. The first-order chi connectivity index (χ1) is 10.9. The molecule has 3 rings (SSSR count). The van der Waals surface area contributed by atoms with Gasteiger partial charge in [-0.1, -0.05) is 30.3 Å². The summed E-state index contributed by atoms with van der Waals surface area (Å²) in [6.45, 7) is 1.30. The lowest BCUT2D eigenvalue weighted by atomic mass is 10.1. The van der Waals surface area contributed by atoms with Crippen LogP contribution in [0.4, 0.5) is 13.2 Å². The van der Waals surface area contributed by atoms with E-state index in [4.69, 9.17) is 4.74 Å². The van der Waals surface area contributed by atoms with E-state index in [1.165, 1.54) is 0 Å².